The van der Waals surface area contributed by atoms with Crippen LogP contribution in [-0.4, -0.2) is 49.5 Å². The van der Waals surface area contributed by atoms with E-state index in [0.29, 0.717) is 51.1 Å². The van der Waals surface area contributed by atoms with Gasteiger partial charge in [-0.15, -0.1) is 0 Å². The maximum Gasteiger partial charge on any atom is 0.344 e. The molecule has 2 heterocycles. The molecule has 1 aliphatic rings. The van der Waals surface area contributed by atoms with Gasteiger partial charge in [0.1, 0.15) is 12.4 Å². The highest BCUT2D eigenvalue weighted by molar-refractivity contribution is 7.07. The van der Waals surface area contributed by atoms with Crippen molar-refractivity contribution in [1.82, 2.24) is 4.57 Å². The van der Waals surface area contributed by atoms with Gasteiger partial charge < -0.3 is 23.7 Å². The zero-order chi connectivity index (χ0) is 30.9. The zero-order valence-electron chi connectivity index (χ0n) is 24.6. The lowest BCUT2D eigenvalue weighted by molar-refractivity contribution is -0.145. The minimum Gasteiger partial charge on any atom is -0.490 e. The fourth-order valence-electron chi connectivity index (χ4n) is 4.49. The molecule has 226 valence electrons. The summed E-state index contributed by atoms with van der Waals surface area (Å²) < 4.78 is 29.3. The molecule has 0 unspecified atom stereocenters. The van der Waals surface area contributed by atoms with Crippen LogP contribution in [0.25, 0.3) is 6.08 Å². The van der Waals surface area contributed by atoms with E-state index in [4.69, 9.17) is 23.7 Å². The Morgan fingerprint density at radius 1 is 0.977 bits per heavy atom. The number of nitrogens with zero attached hydrogens (tertiary/aromatic N) is 2. The van der Waals surface area contributed by atoms with Crippen molar-refractivity contribution in [3.8, 4) is 17.2 Å². The van der Waals surface area contributed by atoms with Crippen LogP contribution in [0.4, 0.5) is 0 Å². The Hall–Kier alpha value is -4.64. The van der Waals surface area contributed by atoms with E-state index in [-0.39, 0.29) is 31.0 Å². The molecule has 10 nitrogen and oxygen atoms in total. The lowest BCUT2D eigenvalue weighted by atomic mass is 9.95. The van der Waals surface area contributed by atoms with Gasteiger partial charge >= 0.3 is 11.9 Å². The van der Waals surface area contributed by atoms with E-state index < -0.39 is 18.0 Å². The normalized spacial score (nSPS) is 14.4. The lowest BCUT2D eigenvalue weighted by Gasteiger charge is -2.25. The number of hydrogen-bond acceptors (Lipinski definition) is 10. The van der Waals surface area contributed by atoms with Crippen LogP contribution in [0.3, 0.4) is 0 Å². The first-order chi connectivity index (χ1) is 20.8. The molecule has 2 aromatic carbocycles. The van der Waals surface area contributed by atoms with Gasteiger partial charge in [-0.1, -0.05) is 42.2 Å². The third kappa shape index (κ3) is 7.23. The minimum absolute atomic E-state index is 0.171. The fourth-order valence-corrected chi connectivity index (χ4v) is 5.54. The molecule has 0 bridgehead atoms. The highest BCUT2D eigenvalue weighted by Gasteiger charge is 2.34. The van der Waals surface area contributed by atoms with Gasteiger partial charge in [0, 0.05) is 0 Å². The highest BCUT2D eigenvalue weighted by atomic mass is 32.1. The van der Waals surface area contributed by atoms with Gasteiger partial charge in [0.15, 0.2) is 22.9 Å². The predicted molar refractivity (Wildman–Crippen MR) is 162 cm³/mol. The van der Waals surface area contributed by atoms with E-state index in [1.165, 1.54) is 15.9 Å². The van der Waals surface area contributed by atoms with Crippen LogP contribution in [0.1, 0.15) is 44.9 Å². The van der Waals surface area contributed by atoms with Crippen LogP contribution in [0.15, 0.2) is 76.2 Å². The Labute approximate surface area is 253 Å². The summed E-state index contributed by atoms with van der Waals surface area (Å²) in [6.45, 7) is 11.7. The van der Waals surface area contributed by atoms with Crippen LogP contribution in [0, 0.1) is 0 Å². The number of aromatic nitrogens is 1. The average Bonchev–Trinajstić information content (AvgIpc) is 3.29. The number of ether oxygens (including phenoxy) is 5. The number of hydrogen-bond donors (Lipinski definition) is 0. The van der Waals surface area contributed by atoms with Crippen LogP contribution in [-0.2, 0) is 19.1 Å². The Bertz CT molecular complexity index is 1700. The van der Waals surface area contributed by atoms with Crippen molar-refractivity contribution in [2.75, 3.05) is 33.0 Å². The van der Waals surface area contributed by atoms with Gasteiger partial charge in [0.05, 0.1) is 41.7 Å². The van der Waals surface area contributed by atoms with E-state index in [0.717, 1.165) is 5.56 Å². The average molecular weight is 607 g/mol. The number of benzene rings is 2. The highest BCUT2D eigenvalue weighted by Crippen LogP contribution is 2.36. The first kappa shape index (κ1) is 31.3. The summed E-state index contributed by atoms with van der Waals surface area (Å²) in [5.41, 5.74) is 1.81. The smallest absolute Gasteiger partial charge is 0.344 e. The Morgan fingerprint density at radius 3 is 2.40 bits per heavy atom. The minimum atomic E-state index is -0.802. The van der Waals surface area contributed by atoms with Crippen molar-refractivity contribution in [2.24, 2.45) is 4.99 Å². The summed E-state index contributed by atoms with van der Waals surface area (Å²) in [5, 5.41) is 0. The maximum absolute atomic E-state index is 13.9. The Balaban J connectivity index is 1.78. The second-order valence-electron chi connectivity index (χ2n) is 9.20. The van der Waals surface area contributed by atoms with E-state index in [1.807, 2.05) is 6.92 Å². The first-order valence-corrected chi connectivity index (χ1v) is 14.7. The van der Waals surface area contributed by atoms with Crippen LogP contribution >= 0.6 is 11.3 Å². The number of allylic oxidation sites excluding steroid dienone is 1. The van der Waals surface area contributed by atoms with Crippen molar-refractivity contribution in [3.63, 3.8) is 0 Å². The van der Waals surface area contributed by atoms with Crippen LogP contribution in [0.2, 0.25) is 0 Å². The summed E-state index contributed by atoms with van der Waals surface area (Å²) >= 11 is 1.22. The fraction of sp³-hybridized carbons (Fsp3) is 0.312. The lowest BCUT2D eigenvalue weighted by Crippen LogP contribution is -2.40. The summed E-state index contributed by atoms with van der Waals surface area (Å²) in [6.07, 6.45) is 3.38. The number of carbonyl (C=O) groups is 2. The van der Waals surface area contributed by atoms with Crippen LogP contribution < -0.4 is 29.1 Å². The molecule has 0 saturated carbocycles. The molecule has 1 aliphatic heterocycles. The summed E-state index contributed by atoms with van der Waals surface area (Å²) in [6, 6.07) is 11.5. The number of rotatable bonds is 13. The SMILES string of the molecule is C=CCOc1ccc([C@H]2C(C(=O)OCC)=C(C)N=c3sc(=Cc4ccc(OCC(=O)OCC)cc4)c(=O)n32)cc1OCC. The Kier molecular flexibility index (Phi) is 10.6. The second kappa shape index (κ2) is 14.5. The van der Waals surface area contributed by atoms with Crippen molar-refractivity contribution in [1.29, 1.82) is 0 Å². The van der Waals surface area contributed by atoms with Crippen molar-refractivity contribution < 1.29 is 33.3 Å². The molecule has 1 aromatic heterocycles. The first-order valence-electron chi connectivity index (χ1n) is 13.9. The number of thiazole rings is 1. The molecule has 0 amide bonds. The predicted octanol–water partition coefficient (Wildman–Crippen LogP) is 3.70. The molecule has 1 atom stereocenters. The second-order valence-corrected chi connectivity index (χ2v) is 10.2. The quantitative estimate of drug-likeness (QED) is 0.214. The molecule has 3 aromatic rings. The van der Waals surface area contributed by atoms with Gasteiger partial charge in [0.25, 0.3) is 5.56 Å². The van der Waals surface area contributed by atoms with Crippen LogP contribution in [0.5, 0.6) is 17.2 Å². The van der Waals surface area contributed by atoms with Crippen molar-refractivity contribution >= 4 is 29.4 Å². The summed E-state index contributed by atoms with van der Waals surface area (Å²) in [4.78, 5) is 43.8. The number of esters is 2. The molecule has 4 rings (SSSR count). The molecule has 0 saturated heterocycles. The molecule has 0 spiro atoms. The van der Waals surface area contributed by atoms with Gasteiger partial charge in [-0.3, -0.25) is 9.36 Å². The van der Waals surface area contributed by atoms with E-state index in [1.54, 1.807) is 75.4 Å². The molecular weight excluding hydrogens is 572 g/mol. The molecule has 0 radical (unpaired) electrons. The molecule has 11 heteroatoms. The van der Waals surface area contributed by atoms with E-state index in [2.05, 4.69) is 11.6 Å². The maximum atomic E-state index is 13.9. The number of carbonyl (C=O) groups excluding carboxylic acids is 2. The largest absolute Gasteiger partial charge is 0.490 e. The van der Waals surface area contributed by atoms with Crippen molar-refractivity contribution in [2.45, 2.75) is 33.7 Å². The van der Waals surface area contributed by atoms with Crippen molar-refractivity contribution in [3.05, 3.63) is 97.2 Å². The monoisotopic (exact) mass is 606 g/mol. The molecule has 0 N–H and O–H groups in total. The van der Waals surface area contributed by atoms with Gasteiger partial charge in [-0.2, -0.15) is 0 Å². The zero-order valence-corrected chi connectivity index (χ0v) is 25.4. The third-order valence-corrected chi connectivity index (χ3v) is 7.28. The van der Waals surface area contributed by atoms with E-state index in [9.17, 15) is 14.4 Å². The van der Waals surface area contributed by atoms with Gasteiger partial charge in [0.2, 0.25) is 0 Å². The third-order valence-electron chi connectivity index (χ3n) is 6.30. The summed E-state index contributed by atoms with van der Waals surface area (Å²) in [5.74, 6) is 0.489. The molecular formula is C32H34N2O8S. The molecule has 43 heavy (non-hydrogen) atoms. The molecule has 0 fully saturated rings. The van der Waals surface area contributed by atoms with E-state index >= 15 is 0 Å². The summed E-state index contributed by atoms with van der Waals surface area (Å²) in [7, 11) is 0. The topological polar surface area (TPSA) is 115 Å². The standard InChI is InChI=1S/C32H34N2O8S/c1-6-16-41-24-15-12-22(18-25(24)38-7-2)29-28(31(37)40-9-4)20(5)33-32-34(29)30(36)26(43-32)17-21-10-13-23(14-11-21)42-19-27(35)39-8-3/h6,10-15,17-18,29H,1,7-9,16,19H2,2-5H3/t29-/m0/s1. The van der Waals surface area contributed by atoms with Gasteiger partial charge in [-0.25, -0.2) is 14.6 Å². The number of fused-ring (bicyclic) bond motifs is 1. The Morgan fingerprint density at radius 2 is 1.72 bits per heavy atom. The van der Waals surface area contributed by atoms with Gasteiger partial charge in [-0.05, 0) is 69.2 Å². The molecule has 0 aliphatic carbocycles.